The highest BCUT2D eigenvalue weighted by molar-refractivity contribution is 6.11. The zero-order valence-electron chi connectivity index (χ0n) is 21.7. The van der Waals surface area contributed by atoms with Gasteiger partial charge in [0.2, 0.25) is 17.7 Å². The maximum Gasteiger partial charge on any atom is 0.246 e. The van der Waals surface area contributed by atoms with Crippen LogP contribution in [0.5, 0.6) is 0 Å². The molecule has 1 aliphatic carbocycles. The lowest BCUT2D eigenvalue weighted by molar-refractivity contribution is -0.129. The molecule has 0 unspecified atom stereocenters. The van der Waals surface area contributed by atoms with Gasteiger partial charge in [-0.2, -0.15) is 0 Å². The van der Waals surface area contributed by atoms with Crippen molar-refractivity contribution in [3.8, 4) is 0 Å². The summed E-state index contributed by atoms with van der Waals surface area (Å²) < 4.78 is 6.45. The topological polar surface area (TPSA) is 87.7 Å². The second-order valence-corrected chi connectivity index (χ2v) is 11.8. The Kier molecular flexibility index (Phi) is 5.35. The minimum atomic E-state index is -1.20. The Bertz CT molecular complexity index is 1340. The number of benzene rings is 2. The highest BCUT2D eigenvalue weighted by Gasteiger charge is 2.73. The van der Waals surface area contributed by atoms with Gasteiger partial charge in [0.15, 0.2) is 0 Å². The summed E-state index contributed by atoms with van der Waals surface area (Å²) in [7, 11) is 0. The lowest BCUT2D eigenvalue weighted by atomic mass is 9.74. The summed E-state index contributed by atoms with van der Waals surface area (Å²) in [4.78, 5) is 43.3. The molecule has 7 nitrogen and oxygen atoms in total. The van der Waals surface area contributed by atoms with E-state index in [1.165, 1.54) is 11.1 Å². The molecule has 2 bridgehead atoms. The van der Waals surface area contributed by atoms with E-state index in [-0.39, 0.29) is 17.7 Å². The molecule has 0 aromatic heterocycles. The molecule has 192 valence electrons. The first-order valence-corrected chi connectivity index (χ1v) is 13.1. The van der Waals surface area contributed by atoms with Gasteiger partial charge in [-0.3, -0.25) is 19.3 Å². The van der Waals surface area contributed by atoms with Gasteiger partial charge in [0.05, 0.1) is 17.9 Å². The second-order valence-electron chi connectivity index (χ2n) is 11.8. The van der Waals surface area contributed by atoms with Crippen LogP contribution in [0.25, 0.3) is 0 Å². The number of ether oxygens (including phenoxy) is 1. The maximum absolute atomic E-state index is 14.2. The number of carbonyl (C=O) groups is 3. The van der Waals surface area contributed by atoms with Gasteiger partial charge in [-0.15, -0.1) is 0 Å². The maximum atomic E-state index is 14.2. The minimum absolute atomic E-state index is 0.246. The van der Waals surface area contributed by atoms with Crippen LogP contribution in [-0.2, 0) is 32.0 Å². The molecule has 3 heterocycles. The van der Waals surface area contributed by atoms with E-state index in [1.807, 2.05) is 76.2 Å². The molecular formula is C30H33N3O4. The summed E-state index contributed by atoms with van der Waals surface area (Å²) >= 11 is 0. The Balaban J connectivity index is 1.41. The number of hydrogen-bond acceptors (Lipinski definition) is 4. The first kappa shape index (κ1) is 23.9. The number of aryl methyl sites for hydroxylation is 3. The van der Waals surface area contributed by atoms with Crippen molar-refractivity contribution in [1.82, 2.24) is 5.32 Å². The van der Waals surface area contributed by atoms with E-state index in [9.17, 15) is 14.4 Å². The van der Waals surface area contributed by atoms with Crippen molar-refractivity contribution in [1.29, 1.82) is 0 Å². The Labute approximate surface area is 217 Å². The number of hydrogen-bond donors (Lipinski definition) is 2. The molecule has 0 radical (unpaired) electrons. The number of carbonyl (C=O) groups excluding carboxylic acids is 3. The molecule has 1 spiro atoms. The quantitative estimate of drug-likeness (QED) is 0.628. The van der Waals surface area contributed by atoms with Gasteiger partial charge in [-0.1, -0.05) is 36.4 Å². The number of rotatable bonds is 4. The minimum Gasteiger partial charge on any atom is -0.359 e. The van der Waals surface area contributed by atoms with E-state index in [4.69, 9.17) is 4.74 Å². The van der Waals surface area contributed by atoms with Crippen LogP contribution in [0.1, 0.15) is 43.9 Å². The summed E-state index contributed by atoms with van der Waals surface area (Å²) in [6.07, 6.45) is 6.19. The molecule has 5 atom stereocenters. The summed E-state index contributed by atoms with van der Waals surface area (Å²) in [5, 5.41) is 6.08. The van der Waals surface area contributed by atoms with E-state index >= 15 is 0 Å². The number of nitrogens with one attached hydrogen (secondary N) is 2. The van der Waals surface area contributed by atoms with Crippen LogP contribution in [0.4, 0.5) is 11.4 Å². The molecule has 3 amide bonds. The van der Waals surface area contributed by atoms with E-state index in [0.717, 1.165) is 24.8 Å². The Morgan fingerprint density at radius 2 is 1.81 bits per heavy atom. The van der Waals surface area contributed by atoms with Gasteiger partial charge >= 0.3 is 0 Å². The smallest absolute Gasteiger partial charge is 0.246 e. The summed E-state index contributed by atoms with van der Waals surface area (Å²) in [5.74, 6) is -2.33. The van der Waals surface area contributed by atoms with E-state index < -0.39 is 35.1 Å². The van der Waals surface area contributed by atoms with Crippen LogP contribution in [0, 0.1) is 18.8 Å². The number of para-hydroxylation sites is 1. The number of nitrogens with zero attached hydrogens (tertiary/aromatic N) is 1. The SMILES string of the molecule is Cc1ccccc1NC(=O)[C@H]1[C@H]2C(=O)N(c3ccc4c(c3)CCC4)[C@H](C(=O)NC(C)(C)C)[C@]23C=C[C@H]1O3. The summed E-state index contributed by atoms with van der Waals surface area (Å²) in [6, 6.07) is 12.7. The van der Waals surface area contributed by atoms with Crippen molar-refractivity contribution in [3.63, 3.8) is 0 Å². The average molecular weight is 500 g/mol. The van der Waals surface area contributed by atoms with Gasteiger partial charge in [-0.05, 0) is 81.8 Å². The number of amides is 3. The Hall–Kier alpha value is -3.45. The van der Waals surface area contributed by atoms with Crippen molar-refractivity contribution in [3.05, 3.63) is 71.3 Å². The molecule has 7 heteroatoms. The fourth-order valence-electron chi connectivity index (χ4n) is 6.53. The van der Waals surface area contributed by atoms with Crippen LogP contribution in [0.15, 0.2) is 54.6 Å². The fraction of sp³-hybridized carbons (Fsp3) is 0.433. The third-order valence-electron chi connectivity index (χ3n) is 8.09. The third kappa shape index (κ3) is 3.71. The van der Waals surface area contributed by atoms with Crippen LogP contribution in [0.3, 0.4) is 0 Å². The van der Waals surface area contributed by atoms with Crippen molar-refractivity contribution >= 4 is 29.1 Å². The van der Waals surface area contributed by atoms with Crippen molar-refractivity contribution in [2.45, 2.75) is 70.2 Å². The molecule has 2 fully saturated rings. The lowest BCUT2D eigenvalue weighted by Crippen LogP contribution is -2.58. The fourth-order valence-corrected chi connectivity index (χ4v) is 6.53. The van der Waals surface area contributed by atoms with Gasteiger partial charge in [0.1, 0.15) is 11.6 Å². The highest BCUT2D eigenvalue weighted by Crippen LogP contribution is 2.56. The van der Waals surface area contributed by atoms with Crippen molar-refractivity contribution in [2.75, 3.05) is 10.2 Å². The first-order chi connectivity index (χ1) is 17.6. The molecular weight excluding hydrogens is 466 g/mol. The molecule has 4 aliphatic rings. The van der Waals surface area contributed by atoms with Gasteiger partial charge < -0.3 is 15.4 Å². The Morgan fingerprint density at radius 3 is 2.57 bits per heavy atom. The average Bonchev–Trinajstić information content (AvgIpc) is 3.59. The molecule has 2 aromatic rings. The second kappa shape index (κ2) is 8.28. The van der Waals surface area contributed by atoms with Gasteiger partial charge in [0, 0.05) is 16.9 Å². The molecule has 2 saturated heterocycles. The standard InChI is InChI=1S/C30H33N3O4/c1-17-8-5-6-11-21(17)31-26(34)23-22-14-15-30(37-22)24(23)28(36)33(25(30)27(35)32-29(2,3)4)20-13-12-18-9-7-10-19(18)16-20/h5-6,8,11-16,22-25H,7,9-10H2,1-4H3,(H,31,34)(H,32,35)/t22-,23-,24+,25-,30+/m1/s1. The number of fused-ring (bicyclic) bond motifs is 2. The third-order valence-corrected chi connectivity index (χ3v) is 8.09. The molecule has 6 rings (SSSR count). The molecule has 3 aliphatic heterocycles. The predicted octanol–water partition coefficient (Wildman–Crippen LogP) is 3.69. The van der Waals surface area contributed by atoms with Crippen LogP contribution in [0.2, 0.25) is 0 Å². The monoisotopic (exact) mass is 499 g/mol. The van der Waals surface area contributed by atoms with Gasteiger partial charge in [0.25, 0.3) is 0 Å². The Morgan fingerprint density at radius 1 is 1.05 bits per heavy atom. The van der Waals surface area contributed by atoms with E-state index in [1.54, 1.807) is 4.90 Å². The van der Waals surface area contributed by atoms with Crippen LogP contribution >= 0.6 is 0 Å². The molecule has 37 heavy (non-hydrogen) atoms. The molecule has 0 saturated carbocycles. The van der Waals surface area contributed by atoms with Gasteiger partial charge in [-0.25, -0.2) is 0 Å². The number of anilines is 2. The summed E-state index contributed by atoms with van der Waals surface area (Å²) in [6.45, 7) is 7.67. The van der Waals surface area contributed by atoms with Crippen molar-refractivity contribution in [2.24, 2.45) is 11.8 Å². The van der Waals surface area contributed by atoms with Crippen LogP contribution in [-0.4, -0.2) is 41.0 Å². The van der Waals surface area contributed by atoms with E-state index in [2.05, 4.69) is 16.7 Å². The largest absolute Gasteiger partial charge is 0.359 e. The highest BCUT2D eigenvalue weighted by atomic mass is 16.5. The zero-order valence-corrected chi connectivity index (χ0v) is 21.7. The van der Waals surface area contributed by atoms with Crippen molar-refractivity contribution < 1.29 is 19.1 Å². The predicted molar refractivity (Wildman–Crippen MR) is 141 cm³/mol. The first-order valence-electron chi connectivity index (χ1n) is 13.1. The normalized spacial score (nSPS) is 29.4. The zero-order chi connectivity index (χ0) is 26.1. The summed E-state index contributed by atoms with van der Waals surface area (Å²) in [5.41, 5.74) is 3.12. The molecule has 2 aromatic carbocycles. The molecule has 2 N–H and O–H groups in total. The lowest BCUT2D eigenvalue weighted by Gasteiger charge is -2.34. The van der Waals surface area contributed by atoms with E-state index in [0.29, 0.717) is 11.4 Å². The van der Waals surface area contributed by atoms with Crippen LogP contribution < -0.4 is 15.5 Å².